The fourth-order valence-corrected chi connectivity index (χ4v) is 4.43. The number of ketones is 1. The van der Waals surface area contributed by atoms with E-state index in [9.17, 15) is 14.4 Å². The number of carbonyl (C=O) groups excluding carboxylic acids is 3. The maximum absolute atomic E-state index is 13.2. The summed E-state index contributed by atoms with van der Waals surface area (Å²) in [4.78, 5) is 39.8. The maximum Gasteiger partial charge on any atom is 0.419 e. The van der Waals surface area contributed by atoms with Crippen molar-refractivity contribution in [2.24, 2.45) is 12.8 Å². The molecule has 4 rings (SSSR count). The van der Waals surface area contributed by atoms with Crippen LogP contribution in [0, 0.1) is 5.41 Å². The van der Waals surface area contributed by atoms with Crippen LogP contribution >= 0.6 is 24.0 Å². The van der Waals surface area contributed by atoms with Gasteiger partial charge >= 0.3 is 12.1 Å². The molecule has 0 atom stereocenters. The standard InChI is InChI=1S/C31H32N4O5.HI/c1-3-39-29(37)17-18-35(23-7-5-4-6-8-23)31(38)40-24-14-15-27-25(19-24)26(20-34(27)2)28(36)16-11-21-9-12-22(13-10-21)30(32)33;/h4-10,12-15,19-20H,3,11,16-18H2,1-2H3,(H3,32,33);1H. The first-order valence-electron chi connectivity index (χ1n) is 13.0. The lowest BCUT2D eigenvalue weighted by Crippen LogP contribution is -2.35. The monoisotopic (exact) mass is 668 g/mol. The number of amides is 1. The van der Waals surface area contributed by atoms with E-state index in [1.54, 1.807) is 67.7 Å². The SMILES string of the molecule is CCOC(=O)CCN(C(=O)Oc1ccc2c(c1)c(C(=O)CCc1ccc(C(=N)N)cc1)cn2C)c1ccccc1.I. The van der Waals surface area contributed by atoms with Crippen molar-refractivity contribution < 1.29 is 23.9 Å². The number of anilines is 1. The molecule has 4 aromatic rings. The number of aryl methyl sites for hydroxylation is 2. The zero-order chi connectivity index (χ0) is 28.6. The molecule has 0 radical (unpaired) electrons. The molecule has 3 aromatic carbocycles. The number of ether oxygens (including phenoxy) is 2. The van der Waals surface area contributed by atoms with Crippen LogP contribution in [-0.2, 0) is 23.0 Å². The lowest BCUT2D eigenvalue weighted by atomic mass is 10.0. The molecule has 1 aromatic heterocycles. The largest absolute Gasteiger partial charge is 0.466 e. The lowest BCUT2D eigenvalue weighted by molar-refractivity contribution is -0.142. The molecule has 1 heterocycles. The highest BCUT2D eigenvalue weighted by molar-refractivity contribution is 14.0. The van der Waals surface area contributed by atoms with Gasteiger partial charge < -0.3 is 19.8 Å². The Morgan fingerprint density at radius 1 is 0.976 bits per heavy atom. The van der Waals surface area contributed by atoms with Crippen molar-refractivity contribution in [2.75, 3.05) is 18.1 Å². The minimum absolute atomic E-state index is 0. The first kappa shape index (κ1) is 31.3. The van der Waals surface area contributed by atoms with Gasteiger partial charge in [0.2, 0.25) is 0 Å². The first-order chi connectivity index (χ1) is 19.3. The first-order valence-corrected chi connectivity index (χ1v) is 13.0. The smallest absolute Gasteiger partial charge is 0.419 e. The van der Waals surface area contributed by atoms with Crippen LogP contribution in [0.4, 0.5) is 10.5 Å². The Bertz CT molecular complexity index is 1530. The van der Waals surface area contributed by atoms with Crippen molar-refractivity contribution in [2.45, 2.75) is 26.2 Å². The average molecular weight is 669 g/mol. The second-order valence-corrected chi connectivity index (χ2v) is 9.28. The van der Waals surface area contributed by atoms with Gasteiger partial charge in [0.15, 0.2) is 5.78 Å². The number of benzene rings is 3. The molecule has 0 aliphatic heterocycles. The topological polar surface area (TPSA) is 128 Å². The number of Topliss-reactive ketones (excluding diaryl/α,β-unsaturated/α-hetero) is 1. The van der Waals surface area contributed by atoms with E-state index < -0.39 is 12.1 Å². The van der Waals surface area contributed by atoms with Gasteiger partial charge in [0.05, 0.1) is 13.0 Å². The number of halogens is 1. The number of nitrogens with zero attached hydrogens (tertiary/aromatic N) is 2. The highest BCUT2D eigenvalue weighted by Crippen LogP contribution is 2.28. The highest BCUT2D eigenvalue weighted by Gasteiger charge is 2.21. The summed E-state index contributed by atoms with van der Waals surface area (Å²) >= 11 is 0. The zero-order valence-electron chi connectivity index (χ0n) is 23.0. The van der Waals surface area contributed by atoms with Crippen LogP contribution in [-0.4, -0.2) is 41.4 Å². The lowest BCUT2D eigenvalue weighted by Gasteiger charge is -2.21. The highest BCUT2D eigenvalue weighted by atomic mass is 127. The molecule has 0 saturated heterocycles. The van der Waals surface area contributed by atoms with Gasteiger partial charge in [0.25, 0.3) is 0 Å². The second kappa shape index (κ2) is 14.4. The molecule has 214 valence electrons. The molecular formula is C31H33IN4O5. The van der Waals surface area contributed by atoms with E-state index in [-0.39, 0.29) is 67.3 Å². The molecule has 0 spiro atoms. The Morgan fingerprint density at radius 3 is 2.34 bits per heavy atom. The van der Waals surface area contributed by atoms with Gasteiger partial charge in [-0.15, -0.1) is 24.0 Å². The number of carbonyl (C=O) groups is 3. The van der Waals surface area contributed by atoms with E-state index in [0.717, 1.165) is 11.1 Å². The molecule has 0 unspecified atom stereocenters. The van der Waals surface area contributed by atoms with Gasteiger partial charge in [-0.2, -0.15) is 0 Å². The zero-order valence-corrected chi connectivity index (χ0v) is 25.3. The number of nitrogens with one attached hydrogen (secondary N) is 1. The van der Waals surface area contributed by atoms with E-state index in [1.807, 2.05) is 29.8 Å². The molecular weight excluding hydrogens is 635 g/mol. The number of nitrogen functional groups attached to an aromatic ring is 1. The molecule has 3 N–H and O–H groups in total. The van der Waals surface area contributed by atoms with Gasteiger partial charge in [0.1, 0.15) is 11.6 Å². The summed E-state index contributed by atoms with van der Waals surface area (Å²) in [5, 5.41) is 8.20. The van der Waals surface area contributed by atoms with Gasteiger partial charge in [-0.3, -0.25) is 19.9 Å². The predicted octanol–water partition coefficient (Wildman–Crippen LogP) is 5.85. The van der Waals surface area contributed by atoms with Crippen LogP contribution in [0.25, 0.3) is 10.9 Å². The fourth-order valence-electron chi connectivity index (χ4n) is 4.43. The van der Waals surface area contributed by atoms with Crippen LogP contribution in [0.3, 0.4) is 0 Å². The van der Waals surface area contributed by atoms with E-state index in [2.05, 4.69) is 0 Å². The summed E-state index contributed by atoms with van der Waals surface area (Å²) in [5.74, 6) is -0.152. The number of fused-ring (bicyclic) bond motifs is 1. The van der Waals surface area contributed by atoms with Gasteiger partial charge in [-0.25, -0.2) is 4.79 Å². The minimum atomic E-state index is -0.646. The Hall–Kier alpha value is -4.19. The summed E-state index contributed by atoms with van der Waals surface area (Å²) in [6, 6.07) is 21.4. The third-order valence-corrected chi connectivity index (χ3v) is 6.51. The minimum Gasteiger partial charge on any atom is -0.466 e. The number of esters is 1. The molecule has 41 heavy (non-hydrogen) atoms. The summed E-state index contributed by atoms with van der Waals surface area (Å²) in [5.41, 5.74) is 9.08. The Kier molecular flexibility index (Phi) is 11.0. The third-order valence-electron chi connectivity index (χ3n) is 6.51. The molecule has 0 saturated carbocycles. The van der Waals surface area contributed by atoms with Crippen molar-refractivity contribution in [1.29, 1.82) is 5.41 Å². The number of rotatable bonds is 11. The maximum atomic E-state index is 13.2. The molecule has 1 amide bonds. The number of nitrogens with two attached hydrogens (primary N) is 1. The second-order valence-electron chi connectivity index (χ2n) is 9.28. The summed E-state index contributed by atoms with van der Waals surface area (Å²) in [6.07, 6.45) is 1.98. The Balaban J connectivity index is 0.00000462. The Morgan fingerprint density at radius 2 is 1.68 bits per heavy atom. The molecule has 0 aliphatic rings. The number of para-hydroxylation sites is 1. The van der Waals surface area contributed by atoms with E-state index in [4.69, 9.17) is 20.6 Å². The van der Waals surface area contributed by atoms with Crippen molar-refractivity contribution in [3.63, 3.8) is 0 Å². The predicted molar refractivity (Wildman–Crippen MR) is 170 cm³/mol. The van der Waals surface area contributed by atoms with Crippen LogP contribution in [0.15, 0.2) is 79.0 Å². The van der Waals surface area contributed by atoms with Crippen LogP contribution in [0.1, 0.15) is 41.3 Å². The van der Waals surface area contributed by atoms with Gasteiger partial charge in [-0.05, 0) is 49.2 Å². The van der Waals surface area contributed by atoms with Gasteiger partial charge in [-0.1, -0.05) is 42.5 Å². The van der Waals surface area contributed by atoms with E-state index in [1.165, 1.54) is 4.90 Å². The number of hydrogen-bond acceptors (Lipinski definition) is 6. The number of hydrogen-bond donors (Lipinski definition) is 2. The Labute approximate surface area is 255 Å². The third kappa shape index (κ3) is 7.94. The quantitative estimate of drug-likeness (QED) is 0.0679. The van der Waals surface area contributed by atoms with Crippen LogP contribution in [0.5, 0.6) is 5.75 Å². The van der Waals surface area contributed by atoms with Crippen molar-refractivity contribution in [3.05, 3.63) is 95.7 Å². The summed E-state index contributed by atoms with van der Waals surface area (Å²) in [6.45, 7) is 2.08. The van der Waals surface area contributed by atoms with Crippen molar-refractivity contribution >= 4 is 64.2 Å². The number of aromatic nitrogens is 1. The van der Waals surface area contributed by atoms with Gasteiger partial charge in [0, 0.05) is 53.9 Å². The fraction of sp³-hybridized carbons (Fsp3) is 0.226. The van der Waals surface area contributed by atoms with E-state index >= 15 is 0 Å². The molecule has 10 heteroatoms. The molecule has 9 nitrogen and oxygen atoms in total. The summed E-state index contributed by atoms with van der Waals surface area (Å²) < 4.78 is 12.6. The van der Waals surface area contributed by atoms with Crippen LogP contribution in [0.2, 0.25) is 0 Å². The molecule has 0 bridgehead atoms. The van der Waals surface area contributed by atoms with Crippen molar-refractivity contribution in [3.8, 4) is 5.75 Å². The summed E-state index contributed by atoms with van der Waals surface area (Å²) in [7, 11) is 1.86. The molecule has 0 fully saturated rings. The number of amidine groups is 1. The van der Waals surface area contributed by atoms with Crippen LogP contribution < -0.4 is 15.4 Å². The normalized spacial score (nSPS) is 10.5. The van der Waals surface area contributed by atoms with Crippen molar-refractivity contribution in [1.82, 2.24) is 4.57 Å². The molecule has 0 aliphatic carbocycles. The average Bonchev–Trinajstić information content (AvgIpc) is 3.28. The van der Waals surface area contributed by atoms with E-state index in [0.29, 0.717) is 28.6 Å².